The molecule has 0 spiro atoms. The number of nitrogens with zero attached hydrogens (tertiary/aromatic N) is 5. The van der Waals surface area contributed by atoms with Gasteiger partial charge < -0.3 is 24.5 Å². The summed E-state index contributed by atoms with van der Waals surface area (Å²) < 4.78 is 7.43. The van der Waals surface area contributed by atoms with E-state index in [0.717, 1.165) is 40.6 Å². The van der Waals surface area contributed by atoms with E-state index in [1.165, 1.54) is 0 Å². The van der Waals surface area contributed by atoms with E-state index < -0.39 is 6.04 Å². The number of para-hydroxylation sites is 2. The van der Waals surface area contributed by atoms with Crippen molar-refractivity contribution in [3.05, 3.63) is 64.8 Å². The van der Waals surface area contributed by atoms with E-state index in [1.807, 2.05) is 61.6 Å². The number of aromatic amines is 1. The third-order valence-electron chi connectivity index (χ3n) is 8.25. The highest BCUT2D eigenvalue weighted by Crippen LogP contribution is 2.26. The fraction of sp³-hybridized carbons (Fsp3) is 0.387. The molecule has 2 aliphatic rings. The quantitative estimate of drug-likeness (QED) is 0.141. The zero-order valence-corrected chi connectivity index (χ0v) is 24.0. The largest absolute Gasteiger partial charge is 0.461 e. The smallest absolute Gasteiger partial charge is 0.326 e. The maximum atomic E-state index is 13.6. The van der Waals surface area contributed by atoms with Gasteiger partial charge in [0, 0.05) is 36.7 Å². The highest BCUT2D eigenvalue weighted by molar-refractivity contribution is 5.98. The van der Waals surface area contributed by atoms with Crippen molar-refractivity contribution >= 4 is 45.5 Å². The van der Waals surface area contributed by atoms with Crippen molar-refractivity contribution in [2.45, 2.75) is 51.1 Å². The average molecular weight is 583 g/mol. The Labute approximate surface area is 248 Å². The molecule has 3 N–H and O–H groups in total. The molecule has 2 aliphatic heterocycles. The lowest BCUT2D eigenvalue weighted by atomic mass is 10.0. The number of guanidine groups is 1. The lowest BCUT2D eigenvalue weighted by Gasteiger charge is -2.34. The number of furan rings is 1. The second kappa shape index (κ2) is 12.1. The maximum absolute atomic E-state index is 13.6. The van der Waals surface area contributed by atoms with Gasteiger partial charge >= 0.3 is 5.69 Å². The molecule has 4 aromatic rings. The second-order valence-electron chi connectivity index (χ2n) is 11.1. The molecule has 6 rings (SSSR count). The number of anilines is 1. The minimum Gasteiger partial charge on any atom is -0.461 e. The first-order valence-electron chi connectivity index (χ1n) is 14.7. The number of imidazole rings is 1. The van der Waals surface area contributed by atoms with Crippen molar-refractivity contribution < 1.29 is 14.0 Å². The first-order chi connectivity index (χ1) is 20.9. The number of carbonyl (C=O) groups excluding carboxylic acids is 2. The standard InChI is InChI=1S/C31H34N8O4/c1-20-16-21-17-22(9-10-27(21)43-20)34-30(33-19-32)35-25-7-4-5-13-38(29(25)41)18-28(40)37-14-11-23(12-15-37)39-26-8-3-2-6-24(26)36-31(39)42/h2-3,6,8-10,16-17,23,25H,4-5,7,11-15,18H2,1H3,(H,36,42)(H2,33,34,35)/t25-/m0/s1. The molecule has 12 nitrogen and oxygen atoms in total. The predicted molar refractivity (Wildman–Crippen MR) is 162 cm³/mol. The molecule has 0 radical (unpaired) electrons. The predicted octanol–water partition coefficient (Wildman–Crippen LogP) is 3.47. The Hall–Kier alpha value is -5.05. The Bertz CT molecular complexity index is 1790. The number of aryl methyl sites for hydroxylation is 1. The van der Waals surface area contributed by atoms with Gasteiger partial charge in [-0.2, -0.15) is 5.26 Å². The van der Waals surface area contributed by atoms with Crippen LogP contribution < -0.4 is 16.3 Å². The number of hydrogen-bond donors (Lipinski definition) is 3. The molecule has 0 bridgehead atoms. The molecule has 4 heterocycles. The number of piperidine rings is 1. The van der Waals surface area contributed by atoms with E-state index >= 15 is 0 Å². The number of H-pyrrole nitrogens is 1. The van der Waals surface area contributed by atoms with Crippen molar-refractivity contribution in [2.24, 2.45) is 4.99 Å². The third kappa shape index (κ3) is 5.97. The molecule has 2 amide bonds. The highest BCUT2D eigenvalue weighted by atomic mass is 16.3. The second-order valence-corrected chi connectivity index (χ2v) is 11.1. The molecule has 0 saturated carbocycles. The van der Waals surface area contributed by atoms with E-state index in [-0.39, 0.29) is 36.1 Å². The number of nitrogens with one attached hydrogen (secondary N) is 3. The maximum Gasteiger partial charge on any atom is 0.326 e. The monoisotopic (exact) mass is 582 g/mol. The van der Waals surface area contributed by atoms with E-state index in [1.54, 1.807) is 14.4 Å². The van der Waals surface area contributed by atoms with E-state index in [4.69, 9.17) is 4.42 Å². The Kier molecular flexibility index (Phi) is 7.87. The Balaban J connectivity index is 1.10. The van der Waals surface area contributed by atoms with Crippen LogP contribution in [0.5, 0.6) is 0 Å². The number of nitriles is 1. The Morgan fingerprint density at radius 2 is 1.91 bits per heavy atom. The minimum absolute atomic E-state index is 0.00281. The van der Waals surface area contributed by atoms with E-state index in [2.05, 4.69) is 20.6 Å². The van der Waals surface area contributed by atoms with Crippen LogP contribution in [-0.2, 0) is 9.59 Å². The topological polar surface area (TPSA) is 152 Å². The summed E-state index contributed by atoms with van der Waals surface area (Å²) in [6.07, 6.45) is 5.27. The van der Waals surface area contributed by atoms with E-state index in [9.17, 15) is 19.6 Å². The summed E-state index contributed by atoms with van der Waals surface area (Å²) in [4.78, 5) is 50.4. The van der Waals surface area contributed by atoms with Crippen molar-refractivity contribution in [1.82, 2.24) is 24.7 Å². The Morgan fingerprint density at radius 3 is 2.72 bits per heavy atom. The van der Waals surface area contributed by atoms with Crippen molar-refractivity contribution in [3.8, 4) is 6.19 Å². The lowest BCUT2D eigenvalue weighted by molar-refractivity contribution is -0.141. The van der Waals surface area contributed by atoms with Gasteiger partial charge in [0.2, 0.25) is 17.8 Å². The van der Waals surface area contributed by atoms with Crippen LogP contribution >= 0.6 is 0 Å². The number of carbonyl (C=O) groups is 2. The first-order valence-corrected chi connectivity index (χ1v) is 14.7. The fourth-order valence-corrected chi connectivity index (χ4v) is 6.13. The van der Waals surface area contributed by atoms with Gasteiger partial charge in [0.15, 0.2) is 6.19 Å². The first kappa shape index (κ1) is 28.1. The van der Waals surface area contributed by atoms with Crippen LogP contribution in [0.3, 0.4) is 0 Å². The summed E-state index contributed by atoms with van der Waals surface area (Å²) in [7, 11) is 0. The van der Waals surface area contributed by atoms with Crippen molar-refractivity contribution in [1.29, 1.82) is 5.26 Å². The van der Waals surface area contributed by atoms with Gasteiger partial charge in [-0.3, -0.25) is 19.5 Å². The van der Waals surface area contributed by atoms with Gasteiger partial charge in [-0.1, -0.05) is 12.1 Å². The minimum atomic E-state index is -0.724. The SMILES string of the molecule is Cc1cc2cc(NC(=N[C@H]3CCCCN(CC(=O)N4CCC(n5c(=O)[nH]c6ccccc65)CC4)C3=O)NC#N)ccc2o1. The van der Waals surface area contributed by atoms with Gasteiger partial charge in [-0.25, -0.2) is 9.79 Å². The van der Waals surface area contributed by atoms with Gasteiger partial charge in [0.1, 0.15) is 17.4 Å². The molecule has 43 heavy (non-hydrogen) atoms. The van der Waals surface area contributed by atoms with Gasteiger partial charge in [-0.05, 0) is 75.4 Å². The molecule has 2 aromatic heterocycles. The number of rotatable bonds is 5. The van der Waals surface area contributed by atoms with Crippen LogP contribution in [0, 0.1) is 18.4 Å². The fourth-order valence-electron chi connectivity index (χ4n) is 6.13. The molecular weight excluding hydrogens is 548 g/mol. The number of amides is 2. The normalized spacial score (nSPS) is 18.6. The Morgan fingerprint density at radius 1 is 1.09 bits per heavy atom. The molecule has 2 aromatic carbocycles. The summed E-state index contributed by atoms with van der Waals surface area (Å²) >= 11 is 0. The number of aliphatic imine (C=N–C) groups is 1. The summed E-state index contributed by atoms with van der Waals surface area (Å²) in [5, 5.41) is 15.9. The van der Waals surface area contributed by atoms with Crippen molar-refractivity contribution in [3.63, 3.8) is 0 Å². The summed E-state index contributed by atoms with van der Waals surface area (Å²) in [5.74, 6) is 0.623. The average Bonchev–Trinajstić information content (AvgIpc) is 3.49. The molecule has 1 atom stereocenters. The number of benzene rings is 2. The van der Waals surface area contributed by atoms with E-state index in [0.29, 0.717) is 44.6 Å². The molecule has 0 aliphatic carbocycles. The van der Waals surface area contributed by atoms with Gasteiger partial charge in [-0.15, -0.1) is 0 Å². The van der Waals surface area contributed by atoms with Crippen molar-refractivity contribution in [2.75, 3.05) is 31.5 Å². The van der Waals surface area contributed by atoms with Gasteiger partial charge in [0.05, 0.1) is 17.6 Å². The summed E-state index contributed by atoms with van der Waals surface area (Å²) in [5.41, 5.74) is 2.99. The highest BCUT2D eigenvalue weighted by Gasteiger charge is 2.31. The molecular formula is C31H34N8O4. The van der Waals surface area contributed by atoms with Crippen LogP contribution in [0.15, 0.2) is 62.7 Å². The molecule has 12 heteroatoms. The zero-order chi connectivity index (χ0) is 29.9. The van der Waals surface area contributed by atoms with Crippen LogP contribution in [0.4, 0.5) is 5.69 Å². The zero-order valence-electron chi connectivity index (χ0n) is 24.0. The molecule has 222 valence electrons. The molecule has 2 saturated heterocycles. The van der Waals surface area contributed by atoms with Crippen LogP contribution in [0.25, 0.3) is 22.0 Å². The molecule has 2 fully saturated rings. The number of likely N-dealkylation sites (tertiary alicyclic amines) is 2. The van der Waals surface area contributed by atoms with Crippen LogP contribution in [-0.4, -0.2) is 69.3 Å². The number of hydrogen-bond acceptors (Lipinski definition) is 6. The number of fused-ring (bicyclic) bond motifs is 2. The van der Waals surface area contributed by atoms with Crippen LogP contribution in [0.2, 0.25) is 0 Å². The third-order valence-corrected chi connectivity index (χ3v) is 8.25. The summed E-state index contributed by atoms with van der Waals surface area (Å²) in [6.45, 7) is 3.36. The van der Waals surface area contributed by atoms with Gasteiger partial charge in [0.25, 0.3) is 0 Å². The summed E-state index contributed by atoms with van der Waals surface area (Å²) in [6, 6.07) is 14.4. The number of aromatic nitrogens is 2. The lowest BCUT2D eigenvalue weighted by Crippen LogP contribution is -2.48. The molecule has 0 unspecified atom stereocenters. The van der Waals surface area contributed by atoms with Crippen LogP contribution in [0.1, 0.15) is 43.9 Å².